The summed E-state index contributed by atoms with van der Waals surface area (Å²) in [5.74, 6) is 1.66. The largest absolute Gasteiger partial charge is 0.494 e. The van der Waals surface area contributed by atoms with Crippen LogP contribution in [-0.2, 0) is 0 Å². The van der Waals surface area contributed by atoms with E-state index in [-0.39, 0.29) is 0 Å². The van der Waals surface area contributed by atoms with E-state index in [2.05, 4.69) is 11.1 Å². The normalized spacial score (nSPS) is 10.4. The van der Waals surface area contributed by atoms with Crippen LogP contribution in [0.5, 0.6) is 11.5 Å². The van der Waals surface area contributed by atoms with Crippen molar-refractivity contribution in [1.82, 2.24) is 4.98 Å². The second kappa shape index (κ2) is 9.77. The molecule has 3 aromatic rings. The number of benzene rings is 2. The van der Waals surface area contributed by atoms with Crippen LogP contribution in [0.25, 0.3) is 11.3 Å². The van der Waals surface area contributed by atoms with E-state index >= 15 is 0 Å². The number of nitriles is 1. The van der Waals surface area contributed by atoms with Crippen molar-refractivity contribution in [3.8, 4) is 28.8 Å². The van der Waals surface area contributed by atoms with Crippen LogP contribution in [0, 0.1) is 18.3 Å². The first-order chi connectivity index (χ1) is 13.7. The molecule has 0 unspecified atom stereocenters. The molecule has 2 aromatic carbocycles. The zero-order chi connectivity index (χ0) is 19.8. The van der Waals surface area contributed by atoms with E-state index in [4.69, 9.17) is 20.5 Å². The minimum atomic E-state index is 0.594. The third-order valence-electron chi connectivity index (χ3n) is 4.25. The number of thiazole rings is 1. The molecule has 0 aliphatic carbocycles. The number of aromatic nitrogens is 1. The molecule has 0 aliphatic rings. The van der Waals surface area contributed by atoms with Crippen LogP contribution in [0.15, 0.2) is 48.5 Å². The molecule has 0 aliphatic heterocycles. The second-order valence-corrected chi connectivity index (χ2v) is 7.61. The maximum atomic E-state index is 8.78. The fourth-order valence-electron chi connectivity index (χ4n) is 2.78. The number of nitrogens with zero attached hydrogens (tertiary/aromatic N) is 2. The predicted molar refractivity (Wildman–Crippen MR) is 113 cm³/mol. The van der Waals surface area contributed by atoms with Gasteiger partial charge in [0.2, 0.25) is 0 Å². The van der Waals surface area contributed by atoms with Crippen molar-refractivity contribution in [2.24, 2.45) is 0 Å². The Kier molecular flexibility index (Phi) is 6.88. The molecule has 1 aromatic heterocycles. The van der Waals surface area contributed by atoms with Crippen molar-refractivity contribution in [2.45, 2.75) is 26.2 Å². The summed E-state index contributed by atoms with van der Waals surface area (Å²) in [6.45, 7) is 3.37. The summed E-state index contributed by atoms with van der Waals surface area (Å²) in [6.07, 6.45) is 2.97. The molecule has 0 radical (unpaired) electrons. The molecule has 0 amide bonds. The van der Waals surface area contributed by atoms with Crippen LogP contribution in [0.2, 0.25) is 0 Å². The number of unbranched alkanes of at least 4 members (excludes halogenated alkanes) is 2. The molecule has 2 N–H and O–H groups in total. The van der Waals surface area contributed by atoms with E-state index in [1.165, 1.54) is 11.3 Å². The molecule has 28 heavy (non-hydrogen) atoms. The molecule has 144 valence electrons. The van der Waals surface area contributed by atoms with Gasteiger partial charge in [-0.25, -0.2) is 4.98 Å². The first-order valence-electron chi connectivity index (χ1n) is 9.25. The topological polar surface area (TPSA) is 81.2 Å². The highest BCUT2D eigenvalue weighted by Crippen LogP contribution is 2.29. The number of anilines is 1. The first-order valence-corrected chi connectivity index (χ1v) is 10.1. The first kappa shape index (κ1) is 19.7. The highest BCUT2D eigenvalue weighted by Gasteiger charge is 2.08. The number of hydrogen-bond acceptors (Lipinski definition) is 6. The van der Waals surface area contributed by atoms with E-state index in [1.54, 1.807) is 12.1 Å². The van der Waals surface area contributed by atoms with Crippen LogP contribution in [-0.4, -0.2) is 18.2 Å². The van der Waals surface area contributed by atoms with Gasteiger partial charge in [0, 0.05) is 10.4 Å². The van der Waals surface area contributed by atoms with Crippen molar-refractivity contribution >= 4 is 16.5 Å². The number of ether oxygens (including phenoxy) is 2. The number of hydrogen-bond donors (Lipinski definition) is 1. The Balaban J connectivity index is 1.33. The van der Waals surface area contributed by atoms with Gasteiger partial charge in [0.05, 0.1) is 30.5 Å². The highest BCUT2D eigenvalue weighted by atomic mass is 32.1. The van der Waals surface area contributed by atoms with Gasteiger partial charge in [-0.1, -0.05) is 0 Å². The molecule has 0 spiro atoms. The Bertz CT molecular complexity index is 928. The van der Waals surface area contributed by atoms with E-state index < -0.39 is 0 Å². The lowest BCUT2D eigenvalue weighted by molar-refractivity contribution is 0.279. The van der Waals surface area contributed by atoms with Gasteiger partial charge in [-0.05, 0) is 74.7 Å². The Hall–Kier alpha value is -3.04. The van der Waals surface area contributed by atoms with Gasteiger partial charge >= 0.3 is 0 Å². The van der Waals surface area contributed by atoms with Crippen molar-refractivity contribution in [2.75, 3.05) is 18.9 Å². The van der Waals surface area contributed by atoms with E-state index in [9.17, 15) is 0 Å². The maximum Gasteiger partial charge on any atom is 0.180 e. The number of aryl methyl sites for hydroxylation is 1. The maximum absolute atomic E-state index is 8.78. The fraction of sp³-hybridized carbons (Fsp3) is 0.273. The van der Waals surface area contributed by atoms with Crippen LogP contribution in [0.1, 0.15) is 29.7 Å². The minimum Gasteiger partial charge on any atom is -0.494 e. The van der Waals surface area contributed by atoms with E-state index in [0.717, 1.165) is 46.9 Å². The Morgan fingerprint density at radius 1 is 0.929 bits per heavy atom. The zero-order valence-corrected chi connectivity index (χ0v) is 16.7. The van der Waals surface area contributed by atoms with Crippen molar-refractivity contribution < 1.29 is 9.47 Å². The molecule has 0 atom stereocenters. The standard InChI is InChI=1S/C22H23N3O2S/c1-16-21(25-22(24)28-16)18-7-11-20(12-8-18)27-14-4-2-3-13-26-19-9-5-17(15-23)6-10-19/h5-12H,2-4,13-14H2,1H3,(H2,24,25). The number of nitrogen functional groups attached to an aromatic ring is 1. The Morgan fingerprint density at radius 2 is 1.50 bits per heavy atom. The van der Waals surface area contributed by atoms with Crippen molar-refractivity contribution in [3.63, 3.8) is 0 Å². The third kappa shape index (κ3) is 5.48. The summed E-state index contributed by atoms with van der Waals surface area (Å²) in [7, 11) is 0. The highest BCUT2D eigenvalue weighted by molar-refractivity contribution is 7.15. The molecule has 6 heteroatoms. The van der Waals surface area contributed by atoms with Crippen LogP contribution in [0.4, 0.5) is 5.13 Å². The molecule has 0 bridgehead atoms. The molecule has 5 nitrogen and oxygen atoms in total. The lowest BCUT2D eigenvalue weighted by atomic mass is 10.1. The summed E-state index contributed by atoms with van der Waals surface area (Å²) >= 11 is 1.50. The average Bonchev–Trinajstić information content (AvgIpc) is 3.06. The van der Waals surface area contributed by atoms with Gasteiger partial charge in [0.1, 0.15) is 11.5 Å². The van der Waals surface area contributed by atoms with Crippen molar-refractivity contribution in [3.05, 3.63) is 59.0 Å². The van der Waals surface area contributed by atoms with Crippen LogP contribution < -0.4 is 15.2 Å². The molecular weight excluding hydrogens is 370 g/mol. The SMILES string of the molecule is Cc1sc(N)nc1-c1ccc(OCCCCCOc2ccc(C#N)cc2)cc1. The summed E-state index contributed by atoms with van der Waals surface area (Å²) in [6, 6.07) is 17.2. The Morgan fingerprint density at radius 3 is 2.00 bits per heavy atom. The quantitative estimate of drug-likeness (QED) is 0.505. The zero-order valence-electron chi connectivity index (χ0n) is 15.9. The molecule has 3 rings (SSSR count). The molecule has 0 fully saturated rings. The average molecular weight is 394 g/mol. The van der Waals surface area contributed by atoms with E-state index in [1.807, 2.05) is 43.3 Å². The Labute approximate surface area is 169 Å². The van der Waals surface area contributed by atoms with E-state index in [0.29, 0.717) is 23.9 Å². The predicted octanol–water partition coefficient (Wildman–Crippen LogP) is 5.20. The summed E-state index contributed by atoms with van der Waals surface area (Å²) in [4.78, 5) is 5.49. The summed E-state index contributed by atoms with van der Waals surface area (Å²) in [5, 5.41) is 9.37. The van der Waals surface area contributed by atoms with Gasteiger partial charge in [0.25, 0.3) is 0 Å². The summed E-state index contributed by atoms with van der Waals surface area (Å²) < 4.78 is 11.5. The number of rotatable bonds is 9. The van der Waals surface area contributed by atoms with Gasteiger partial charge in [-0.2, -0.15) is 5.26 Å². The minimum absolute atomic E-state index is 0.594. The summed E-state index contributed by atoms with van der Waals surface area (Å²) in [5.41, 5.74) is 8.41. The van der Waals surface area contributed by atoms with Gasteiger partial charge in [-0.15, -0.1) is 11.3 Å². The second-order valence-electron chi connectivity index (χ2n) is 6.38. The lowest BCUT2D eigenvalue weighted by Crippen LogP contribution is -2.01. The third-order valence-corrected chi connectivity index (χ3v) is 5.05. The van der Waals surface area contributed by atoms with Crippen LogP contribution >= 0.6 is 11.3 Å². The smallest absolute Gasteiger partial charge is 0.180 e. The molecule has 0 saturated heterocycles. The van der Waals surface area contributed by atoms with Gasteiger partial charge in [-0.3, -0.25) is 0 Å². The molecule has 1 heterocycles. The molecular formula is C22H23N3O2S. The van der Waals surface area contributed by atoms with Crippen molar-refractivity contribution in [1.29, 1.82) is 5.26 Å². The van der Waals surface area contributed by atoms with Gasteiger partial charge < -0.3 is 15.2 Å². The van der Waals surface area contributed by atoms with Crippen LogP contribution in [0.3, 0.4) is 0 Å². The lowest BCUT2D eigenvalue weighted by Gasteiger charge is -2.08. The molecule has 0 saturated carbocycles. The van der Waals surface area contributed by atoms with Gasteiger partial charge in [0.15, 0.2) is 5.13 Å². The fourth-order valence-corrected chi connectivity index (χ4v) is 3.49. The number of nitrogens with two attached hydrogens (primary N) is 1. The monoisotopic (exact) mass is 393 g/mol.